The zero-order valence-corrected chi connectivity index (χ0v) is 15.0. The summed E-state index contributed by atoms with van der Waals surface area (Å²) < 4.78 is 12.8. The lowest BCUT2D eigenvalue weighted by molar-refractivity contribution is 0.0600. The molecule has 0 atom stereocenters. The summed E-state index contributed by atoms with van der Waals surface area (Å²) >= 11 is 0. The number of hydrogen-bond donors (Lipinski definition) is 0. The van der Waals surface area contributed by atoms with Crippen LogP contribution in [-0.2, 0) is 11.3 Å². The van der Waals surface area contributed by atoms with E-state index in [1.54, 1.807) is 6.07 Å². The average Bonchev–Trinajstić information content (AvgIpc) is 3.16. The van der Waals surface area contributed by atoms with Crippen molar-refractivity contribution >= 4 is 16.9 Å². The van der Waals surface area contributed by atoms with Crippen LogP contribution in [0.15, 0.2) is 85.1 Å². The maximum Gasteiger partial charge on any atom is 0.337 e. The lowest BCUT2D eigenvalue weighted by Crippen LogP contribution is -2.02. The molecule has 0 N–H and O–H groups in total. The summed E-state index contributed by atoms with van der Waals surface area (Å²) in [5.74, 6) is 0.484. The van der Waals surface area contributed by atoms with Crippen LogP contribution < -0.4 is 4.74 Å². The van der Waals surface area contributed by atoms with Crippen LogP contribution in [0.3, 0.4) is 0 Å². The Morgan fingerprint density at radius 1 is 0.926 bits per heavy atom. The van der Waals surface area contributed by atoms with E-state index in [-0.39, 0.29) is 5.97 Å². The molecule has 134 valence electrons. The van der Waals surface area contributed by atoms with Crippen LogP contribution in [0, 0.1) is 0 Å². The number of carbonyl (C=O) groups is 1. The van der Waals surface area contributed by atoms with Crippen molar-refractivity contribution in [3.05, 3.63) is 96.2 Å². The highest BCUT2D eigenvalue weighted by Crippen LogP contribution is 2.26. The number of fused-ring (bicyclic) bond motifs is 1. The molecule has 0 aliphatic carbocycles. The molecule has 4 heteroatoms. The quantitative estimate of drug-likeness (QED) is 0.472. The molecule has 0 bridgehead atoms. The van der Waals surface area contributed by atoms with Crippen LogP contribution in [-0.4, -0.2) is 17.6 Å². The van der Waals surface area contributed by atoms with Gasteiger partial charge < -0.3 is 14.0 Å². The smallest absolute Gasteiger partial charge is 0.337 e. The Morgan fingerprint density at radius 2 is 1.78 bits per heavy atom. The van der Waals surface area contributed by atoms with Crippen molar-refractivity contribution in [3.8, 4) is 11.4 Å². The monoisotopic (exact) mass is 357 g/mol. The first-order chi connectivity index (χ1) is 13.2. The number of aromatic nitrogens is 1. The Labute approximate surface area is 157 Å². The van der Waals surface area contributed by atoms with Gasteiger partial charge in [-0.25, -0.2) is 4.79 Å². The number of ether oxygens (including phenoxy) is 2. The van der Waals surface area contributed by atoms with Gasteiger partial charge in [-0.05, 0) is 48.0 Å². The molecule has 4 nitrogen and oxygen atoms in total. The molecular formula is C23H19NO3. The minimum absolute atomic E-state index is 0.343. The van der Waals surface area contributed by atoms with E-state index in [1.807, 2.05) is 83.6 Å². The van der Waals surface area contributed by atoms with Gasteiger partial charge in [0.25, 0.3) is 0 Å². The molecule has 4 aromatic rings. The van der Waals surface area contributed by atoms with Crippen LogP contribution >= 0.6 is 0 Å². The van der Waals surface area contributed by atoms with E-state index in [1.165, 1.54) is 7.11 Å². The van der Waals surface area contributed by atoms with Gasteiger partial charge in [-0.15, -0.1) is 0 Å². The number of rotatable bonds is 5. The van der Waals surface area contributed by atoms with Crippen LogP contribution in [0.25, 0.3) is 16.6 Å². The molecule has 0 saturated carbocycles. The Hall–Kier alpha value is -3.53. The lowest BCUT2D eigenvalue weighted by atomic mass is 10.2. The fourth-order valence-corrected chi connectivity index (χ4v) is 3.08. The second-order valence-corrected chi connectivity index (χ2v) is 6.22. The summed E-state index contributed by atoms with van der Waals surface area (Å²) in [6, 6.07) is 25.5. The van der Waals surface area contributed by atoms with Crippen molar-refractivity contribution in [2.75, 3.05) is 7.11 Å². The van der Waals surface area contributed by atoms with Gasteiger partial charge in [-0.1, -0.05) is 36.4 Å². The zero-order valence-electron chi connectivity index (χ0n) is 15.0. The van der Waals surface area contributed by atoms with Gasteiger partial charge in [-0.2, -0.15) is 0 Å². The van der Waals surface area contributed by atoms with Gasteiger partial charge in [0.1, 0.15) is 12.4 Å². The van der Waals surface area contributed by atoms with E-state index in [0.29, 0.717) is 12.2 Å². The predicted molar refractivity (Wildman–Crippen MR) is 105 cm³/mol. The van der Waals surface area contributed by atoms with Gasteiger partial charge in [0.15, 0.2) is 0 Å². The minimum Gasteiger partial charge on any atom is -0.489 e. The third kappa shape index (κ3) is 3.55. The predicted octanol–water partition coefficient (Wildman–Crippen LogP) is 5.00. The summed E-state index contributed by atoms with van der Waals surface area (Å²) in [5.41, 5.74) is 3.62. The highest BCUT2D eigenvalue weighted by atomic mass is 16.5. The molecule has 3 aromatic carbocycles. The molecule has 0 amide bonds. The number of hydrogen-bond acceptors (Lipinski definition) is 3. The highest BCUT2D eigenvalue weighted by Gasteiger charge is 2.09. The number of carbonyl (C=O) groups excluding carboxylic acids is 1. The summed E-state index contributed by atoms with van der Waals surface area (Å²) in [6.45, 7) is 0.536. The second-order valence-electron chi connectivity index (χ2n) is 6.22. The first kappa shape index (κ1) is 16.9. The molecule has 0 radical (unpaired) electrons. The molecule has 1 aromatic heterocycles. The van der Waals surface area contributed by atoms with Crippen molar-refractivity contribution in [1.29, 1.82) is 0 Å². The molecule has 0 saturated heterocycles. The summed E-state index contributed by atoms with van der Waals surface area (Å²) in [4.78, 5) is 11.8. The maximum absolute atomic E-state index is 11.8. The molecule has 0 spiro atoms. The minimum atomic E-state index is -0.343. The van der Waals surface area contributed by atoms with Crippen molar-refractivity contribution in [2.24, 2.45) is 0 Å². The molecule has 0 aliphatic rings. The number of esters is 1. The Morgan fingerprint density at radius 3 is 2.59 bits per heavy atom. The van der Waals surface area contributed by atoms with E-state index in [9.17, 15) is 4.79 Å². The first-order valence-electron chi connectivity index (χ1n) is 8.71. The van der Waals surface area contributed by atoms with Crippen LogP contribution in [0.1, 0.15) is 15.9 Å². The second kappa shape index (κ2) is 7.38. The van der Waals surface area contributed by atoms with Crippen LogP contribution in [0.4, 0.5) is 0 Å². The third-order valence-corrected chi connectivity index (χ3v) is 4.46. The largest absolute Gasteiger partial charge is 0.489 e. The molecule has 1 heterocycles. The van der Waals surface area contributed by atoms with Crippen LogP contribution in [0.5, 0.6) is 5.75 Å². The zero-order chi connectivity index (χ0) is 18.6. The fourth-order valence-electron chi connectivity index (χ4n) is 3.08. The van der Waals surface area contributed by atoms with E-state index in [4.69, 9.17) is 9.47 Å². The standard InChI is InChI=1S/C23H19NO3/c1-26-23(25)19-8-5-9-20(14-19)24-13-12-18-15-21(10-11-22(18)24)27-16-17-6-3-2-4-7-17/h2-15H,16H2,1H3. The Balaban J connectivity index is 1.60. The Bertz CT molecular complexity index is 1080. The maximum atomic E-state index is 11.8. The fraction of sp³-hybridized carbons (Fsp3) is 0.0870. The van der Waals surface area contributed by atoms with Gasteiger partial charge in [0.2, 0.25) is 0 Å². The van der Waals surface area contributed by atoms with Gasteiger partial charge in [-0.3, -0.25) is 0 Å². The third-order valence-electron chi connectivity index (χ3n) is 4.46. The van der Waals surface area contributed by atoms with Gasteiger partial charge in [0, 0.05) is 17.3 Å². The summed E-state index contributed by atoms with van der Waals surface area (Å²) in [5, 5.41) is 1.07. The molecule has 27 heavy (non-hydrogen) atoms. The Kier molecular flexibility index (Phi) is 4.62. The van der Waals surface area contributed by atoms with E-state index in [2.05, 4.69) is 0 Å². The average molecular weight is 357 g/mol. The molecular weight excluding hydrogens is 338 g/mol. The van der Waals surface area contributed by atoms with Crippen LogP contribution in [0.2, 0.25) is 0 Å². The molecule has 0 aliphatic heterocycles. The van der Waals surface area contributed by atoms with Crippen molar-refractivity contribution in [2.45, 2.75) is 6.61 Å². The topological polar surface area (TPSA) is 40.5 Å². The van der Waals surface area contributed by atoms with E-state index < -0.39 is 0 Å². The van der Waals surface area contributed by atoms with Gasteiger partial charge in [0.05, 0.1) is 18.2 Å². The number of methoxy groups -OCH3 is 1. The molecule has 4 rings (SSSR count). The van der Waals surface area contributed by atoms with Crippen molar-refractivity contribution < 1.29 is 14.3 Å². The van der Waals surface area contributed by atoms with E-state index >= 15 is 0 Å². The lowest BCUT2D eigenvalue weighted by Gasteiger charge is -2.09. The summed E-state index contributed by atoms with van der Waals surface area (Å²) in [6.07, 6.45) is 1.99. The first-order valence-corrected chi connectivity index (χ1v) is 8.71. The molecule has 0 unspecified atom stereocenters. The number of benzene rings is 3. The SMILES string of the molecule is COC(=O)c1cccc(-n2ccc3cc(OCc4ccccc4)ccc32)c1. The van der Waals surface area contributed by atoms with Gasteiger partial charge >= 0.3 is 5.97 Å². The van der Waals surface area contributed by atoms with Crippen molar-refractivity contribution in [3.63, 3.8) is 0 Å². The van der Waals surface area contributed by atoms with Crippen molar-refractivity contribution in [1.82, 2.24) is 4.57 Å². The van der Waals surface area contributed by atoms with E-state index in [0.717, 1.165) is 27.9 Å². The normalized spacial score (nSPS) is 10.7. The summed E-state index contributed by atoms with van der Waals surface area (Å²) in [7, 11) is 1.39. The number of nitrogens with zero attached hydrogens (tertiary/aromatic N) is 1. The highest BCUT2D eigenvalue weighted by molar-refractivity contribution is 5.90. The molecule has 0 fully saturated rings.